The monoisotopic (exact) mass is 396 g/mol. The number of nitrogens with two attached hydrogens (primary N) is 1. The summed E-state index contributed by atoms with van der Waals surface area (Å²) in [5.74, 6) is 0.132. The maximum absolute atomic E-state index is 14.5. The Hall–Kier alpha value is -2.41. The van der Waals surface area contributed by atoms with Gasteiger partial charge in [-0.2, -0.15) is 0 Å². The number of aromatic nitrogens is 2. The SMILES string of the molecule is NC(=O)[C@H]1[C@@H]2C[C@H]3[C@H]1Cc1nc(ncc1F)Nc1cccc(c1)/C=C\S[C@@H]3C2. The number of carbonyl (C=O) groups is 1. The number of nitrogens with zero attached hydrogens (tertiary/aromatic N) is 2. The van der Waals surface area contributed by atoms with Crippen molar-refractivity contribution in [3.05, 3.63) is 52.9 Å². The van der Waals surface area contributed by atoms with Crippen molar-refractivity contribution < 1.29 is 9.18 Å². The van der Waals surface area contributed by atoms with Gasteiger partial charge in [0.2, 0.25) is 11.9 Å². The zero-order valence-corrected chi connectivity index (χ0v) is 16.0. The van der Waals surface area contributed by atoms with Crippen molar-refractivity contribution in [1.29, 1.82) is 0 Å². The first-order chi connectivity index (χ1) is 13.6. The Morgan fingerprint density at radius 2 is 2.18 bits per heavy atom. The van der Waals surface area contributed by atoms with Crippen LogP contribution in [0.5, 0.6) is 0 Å². The highest BCUT2D eigenvalue weighted by atomic mass is 32.2. The molecule has 2 aromatic rings. The lowest BCUT2D eigenvalue weighted by Crippen LogP contribution is -2.39. The van der Waals surface area contributed by atoms with E-state index in [1.165, 1.54) is 6.20 Å². The fraction of sp³-hybridized carbons (Fsp3) is 0.381. The average molecular weight is 396 g/mol. The second-order valence-electron chi connectivity index (χ2n) is 7.91. The number of hydrogen-bond acceptors (Lipinski definition) is 5. The van der Waals surface area contributed by atoms with Crippen LogP contribution in [0.4, 0.5) is 16.0 Å². The number of fused-ring (bicyclic) bond motifs is 5. The molecule has 3 aliphatic rings. The second kappa shape index (κ2) is 6.88. The van der Waals surface area contributed by atoms with Gasteiger partial charge < -0.3 is 11.1 Å². The first kappa shape index (κ1) is 17.7. The van der Waals surface area contributed by atoms with Gasteiger partial charge in [-0.3, -0.25) is 4.79 Å². The highest BCUT2D eigenvalue weighted by Crippen LogP contribution is 2.57. The number of halogens is 1. The molecule has 1 aromatic heterocycles. The third-order valence-electron chi connectivity index (χ3n) is 6.34. The molecule has 1 aliphatic heterocycles. The zero-order valence-electron chi connectivity index (χ0n) is 15.2. The summed E-state index contributed by atoms with van der Waals surface area (Å²) in [4.78, 5) is 20.7. The lowest BCUT2D eigenvalue weighted by atomic mass is 9.76. The van der Waals surface area contributed by atoms with Crippen molar-refractivity contribution in [3.63, 3.8) is 0 Å². The van der Waals surface area contributed by atoms with Crippen molar-refractivity contribution in [1.82, 2.24) is 9.97 Å². The number of thioether (sulfide) groups is 1. The Bertz CT molecular complexity index is 965. The first-order valence-corrected chi connectivity index (χ1v) is 10.5. The third kappa shape index (κ3) is 3.07. The normalized spacial score (nSPS) is 31.7. The molecule has 7 heteroatoms. The molecule has 1 aromatic carbocycles. The smallest absolute Gasteiger partial charge is 0.227 e. The number of anilines is 2. The molecular weight excluding hydrogens is 375 g/mol. The van der Waals surface area contributed by atoms with Crippen LogP contribution >= 0.6 is 11.8 Å². The molecule has 2 heterocycles. The quantitative estimate of drug-likeness (QED) is 0.767. The van der Waals surface area contributed by atoms with Crippen LogP contribution in [0.25, 0.3) is 6.08 Å². The lowest BCUT2D eigenvalue weighted by molar-refractivity contribution is -0.125. The Morgan fingerprint density at radius 3 is 3.04 bits per heavy atom. The number of carbonyl (C=O) groups excluding carboxylic acids is 1. The van der Waals surface area contributed by atoms with Crippen LogP contribution in [-0.2, 0) is 11.2 Å². The number of amides is 1. The minimum atomic E-state index is -0.429. The van der Waals surface area contributed by atoms with E-state index in [0.717, 1.165) is 24.1 Å². The summed E-state index contributed by atoms with van der Waals surface area (Å²) in [6.07, 6.45) is 5.70. The highest BCUT2D eigenvalue weighted by Gasteiger charge is 2.54. The van der Waals surface area contributed by atoms with Crippen molar-refractivity contribution in [3.8, 4) is 0 Å². The van der Waals surface area contributed by atoms with Gasteiger partial charge in [0.15, 0.2) is 5.82 Å². The van der Waals surface area contributed by atoms with Gasteiger partial charge in [-0.1, -0.05) is 12.1 Å². The Labute approximate surface area is 167 Å². The van der Waals surface area contributed by atoms with E-state index in [1.807, 2.05) is 36.0 Å². The molecule has 5 atom stereocenters. The molecule has 0 radical (unpaired) electrons. The van der Waals surface area contributed by atoms with Crippen LogP contribution in [0, 0.1) is 29.5 Å². The van der Waals surface area contributed by atoms with E-state index in [0.29, 0.717) is 29.2 Å². The zero-order chi connectivity index (χ0) is 19.3. The maximum atomic E-state index is 14.5. The number of benzene rings is 1. The Kier molecular flexibility index (Phi) is 4.34. The van der Waals surface area contributed by atoms with Crippen LogP contribution in [0.2, 0.25) is 0 Å². The van der Waals surface area contributed by atoms with Crippen molar-refractivity contribution in [2.75, 3.05) is 5.32 Å². The van der Waals surface area contributed by atoms with E-state index in [4.69, 9.17) is 5.73 Å². The van der Waals surface area contributed by atoms with Crippen molar-refractivity contribution >= 4 is 35.4 Å². The standard InChI is InChI=1S/C21H21FN4OS/c22-16-10-24-21-25-13-3-1-2-11(6-13)4-5-28-18-8-12-7-14(18)15(9-17(16)26-21)19(12)20(23)27/h1-6,10,12,14-15,18-19H,7-9H2,(H2,23,27)(H,24,25,26)/b5-4-/t12-,14+,15-,18-,19+/m1/s1. The van der Waals surface area contributed by atoms with Gasteiger partial charge in [0.05, 0.1) is 11.9 Å². The summed E-state index contributed by atoms with van der Waals surface area (Å²) in [5, 5.41) is 5.72. The summed E-state index contributed by atoms with van der Waals surface area (Å²) < 4.78 is 14.5. The van der Waals surface area contributed by atoms with E-state index in [-0.39, 0.29) is 23.7 Å². The molecule has 5 nitrogen and oxygen atoms in total. The molecule has 5 rings (SSSR count). The van der Waals surface area contributed by atoms with Gasteiger partial charge in [-0.15, -0.1) is 11.8 Å². The first-order valence-electron chi connectivity index (χ1n) is 9.58. The number of primary amides is 1. The molecule has 2 fully saturated rings. The fourth-order valence-electron chi connectivity index (χ4n) is 5.21. The maximum Gasteiger partial charge on any atom is 0.227 e. The van der Waals surface area contributed by atoms with Crippen molar-refractivity contribution in [2.45, 2.75) is 24.5 Å². The fourth-order valence-corrected chi connectivity index (χ4v) is 6.52. The van der Waals surface area contributed by atoms with Crippen LogP contribution < -0.4 is 11.1 Å². The lowest BCUT2D eigenvalue weighted by Gasteiger charge is -2.33. The van der Waals surface area contributed by atoms with E-state index < -0.39 is 5.82 Å². The predicted octanol–water partition coefficient (Wildman–Crippen LogP) is 3.75. The summed E-state index contributed by atoms with van der Waals surface area (Å²) in [7, 11) is 0. The minimum Gasteiger partial charge on any atom is -0.369 e. The molecule has 6 bridgehead atoms. The van der Waals surface area contributed by atoms with E-state index >= 15 is 0 Å². The number of hydrogen-bond donors (Lipinski definition) is 2. The van der Waals surface area contributed by atoms with Crippen molar-refractivity contribution in [2.24, 2.45) is 29.4 Å². The van der Waals surface area contributed by atoms with Gasteiger partial charge in [0.25, 0.3) is 0 Å². The summed E-state index contributed by atoms with van der Waals surface area (Å²) in [6, 6.07) is 7.95. The predicted molar refractivity (Wildman–Crippen MR) is 108 cm³/mol. The van der Waals surface area contributed by atoms with E-state index in [9.17, 15) is 9.18 Å². The molecule has 3 N–H and O–H groups in total. The van der Waals surface area contributed by atoms with E-state index in [2.05, 4.69) is 26.8 Å². The molecule has 144 valence electrons. The molecule has 28 heavy (non-hydrogen) atoms. The molecular formula is C21H21FN4OS. The van der Waals surface area contributed by atoms with Gasteiger partial charge in [0, 0.05) is 16.9 Å². The summed E-state index contributed by atoms with van der Waals surface area (Å²) >= 11 is 1.82. The molecule has 1 amide bonds. The molecule has 2 aliphatic carbocycles. The van der Waals surface area contributed by atoms with Gasteiger partial charge >= 0.3 is 0 Å². The average Bonchev–Trinajstić information content (AvgIpc) is 3.22. The number of rotatable bonds is 1. The molecule has 0 unspecified atom stereocenters. The van der Waals surface area contributed by atoms with Gasteiger partial charge in [0.1, 0.15) is 0 Å². The Balaban J connectivity index is 1.57. The van der Waals surface area contributed by atoms with Gasteiger partial charge in [-0.25, -0.2) is 14.4 Å². The largest absolute Gasteiger partial charge is 0.369 e. The second-order valence-corrected chi connectivity index (χ2v) is 9.06. The Morgan fingerprint density at radius 1 is 1.29 bits per heavy atom. The highest BCUT2D eigenvalue weighted by molar-refractivity contribution is 8.02. The molecule has 0 saturated heterocycles. The topological polar surface area (TPSA) is 80.9 Å². The van der Waals surface area contributed by atoms with E-state index in [1.54, 1.807) is 0 Å². The molecule has 2 saturated carbocycles. The van der Waals surface area contributed by atoms with Crippen LogP contribution in [0.1, 0.15) is 24.1 Å². The van der Waals surface area contributed by atoms with Crippen LogP contribution in [-0.4, -0.2) is 21.1 Å². The molecule has 0 spiro atoms. The summed E-state index contributed by atoms with van der Waals surface area (Å²) in [6.45, 7) is 0. The van der Waals surface area contributed by atoms with Crippen LogP contribution in [0.3, 0.4) is 0 Å². The summed E-state index contributed by atoms with van der Waals surface area (Å²) in [5.41, 5.74) is 8.02. The third-order valence-corrected chi connectivity index (χ3v) is 7.52. The van der Waals surface area contributed by atoms with Gasteiger partial charge in [-0.05, 0) is 66.2 Å². The minimum absolute atomic E-state index is 0.0279. The number of nitrogens with one attached hydrogen (secondary N) is 1. The van der Waals surface area contributed by atoms with Crippen LogP contribution in [0.15, 0.2) is 35.9 Å².